The first-order chi connectivity index (χ1) is 11.5. The highest BCUT2D eigenvalue weighted by Gasteiger charge is 2.12. The molecule has 0 aliphatic rings. The minimum Gasteiger partial charge on any atom is -0.334 e. The Labute approximate surface area is 143 Å². The van der Waals surface area contributed by atoms with Crippen molar-refractivity contribution in [3.8, 4) is 0 Å². The molecule has 0 spiro atoms. The van der Waals surface area contributed by atoms with Crippen LogP contribution in [0.2, 0.25) is 0 Å². The first-order valence-corrected chi connectivity index (χ1v) is 8.53. The fraction of sp³-hybridized carbons (Fsp3) is 0.222. The smallest absolute Gasteiger partial charge is 0.321 e. The summed E-state index contributed by atoms with van der Waals surface area (Å²) in [4.78, 5) is 16.6. The standard InChI is InChI=1S/C18H18FN3OS/c1-11(2)14-4-3-5-15-16(14)21-18(24-15)22-17(23)20-10-12-6-8-13(19)9-7-12/h3-9,11H,10H2,1-2H3,(H2,20,21,22,23). The van der Waals surface area contributed by atoms with Gasteiger partial charge in [-0.15, -0.1) is 0 Å². The monoisotopic (exact) mass is 343 g/mol. The van der Waals surface area contributed by atoms with Crippen LogP contribution >= 0.6 is 11.3 Å². The summed E-state index contributed by atoms with van der Waals surface area (Å²) in [5.41, 5.74) is 2.94. The second-order valence-corrected chi connectivity index (χ2v) is 6.83. The maximum absolute atomic E-state index is 12.9. The average molecular weight is 343 g/mol. The quantitative estimate of drug-likeness (QED) is 0.709. The second kappa shape index (κ2) is 6.97. The number of aromatic nitrogens is 1. The van der Waals surface area contributed by atoms with E-state index >= 15 is 0 Å². The molecule has 3 rings (SSSR count). The van der Waals surface area contributed by atoms with Crippen LogP contribution in [0.5, 0.6) is 0 Å². The van der Waals surface area contributed by atoms with Gasteiger partial charge in [-0.1, -0.05) is 49.4 Å². The molecule has 3 aromatic rings. The Kier molecular flexibility index (Phi) is 4.76. The van der Waals surface area contributed by atoms with Crippen LogP contribution < -0.4 is 10.6 Å². The maximum Gasteiger partial charge on any atom is 0.321 e. The normalized spacial score (nSPS) is 11.0. The molecule has 0 bridgehead atoms. The average Bonchev–Trinajstić information content (AvgIpc) is 2.96. The van der Waals surface area contributed by atoms with Crippen molar-refractivity contribution in [1.29, 1.82) is 0 Å². The van der Waals surface area contributed by atoms with Crippen LogP contribution in [0.3, 0.4) is 0 Å². The number of hydrogen-bond acceptors (Lipinski definition) is 3. The molecule has 0 atom stereocenters. The van der Waals surface area contributed by atoms with Gasteiger partial charge in [-0.25, -0.2) is 14.2 Å². The number of anilines is 1. The summed E-state index contributed by atoms with van der Waals surface area (Å²) in [5.74, 6) is 0.0783. The van der Waals surface area contributed by atoms with Crippen LogP contribution in [0.4, 0.5) is 14.3 Å². The Bertz CT molecular complexity index is 858. The van der Waals surface area contributed by atoms with Crippen molar-refractivity contribution in [2.45, 2.75) is 26.3 Å². The highest BCUT2D eigenvalue weighted by molar-refractivity contribution is 7.22. The van der Waals surface area contributed by atoms with Crippen molar-refractivity contribution in [2.24, 2.45) is 0 Å². The fourth-order valence-electron chi connectivity index (χ4n) is 2.42. The van der Waals surface area contributed by atoms with Crippen molar-refractivity contribution in [2.75, 3.05) is 5.32 Å². The van der Waals surface area contributed by atoms with E-state index in [0.717, 1.165) is 15.8 Å². The zero-order valence-electron chi connectivity index (χ0n) is 13.5. The maximum atomic E-state index is 12.9. The molecule has 1 heterocycles. The first kappa shape index (κ1) is 16.4. The van der Waals surface area contributed by atoms with E-state index in [0.29, 0.717) is 17.6 Å². The summed E-state index contributed by atoms with van der Waals surface area (Å²) in [6.07, 6.45) is 0. The second-order valence-electron chi connectivity index (χ2n) is 5.80. The number of benzene rings is 2. The molecule has 124 valence electrons. The molecule has 0 aliphatic heterocycles. The Morgan fingerprint density at radius 2 is 1.96 bits per heavy atom. The minimum absolute atomic E-state index is 0.293. The summed E-state index contributed by atoms with van der Waals surface area (Å²) in [5, 5.41) is 6.07. The lowest BCUT2D eigenvalue weighted by Crippen LogP contribution is -2.28. The molecular formula is C18H18FN3OS. The summed E-state index contributed by atoms with van der Waals surface area (Å²) in [6, 6.07) is 11.8. The van der Waals surface area contributed by atoms with E-state index < -0.39 is 0 Å². The number of para-hydroxylation sites is 1. The summed E-state index contributed by atoms with van der Waals surface area (Å²) in [6.45, 7) is 4.57. The van der Waals surface area contributed by atoms with Crippen LogP contribution in [0.1, 0.15) is 30.9 Å². The van der Waals surface area contributed by atoms with Gasteiger partial charge < -0.3 is 5.32 Å². The van der Waals surface area contributed by atoms with E-state index in [1.165, 1.54) is 29.0 Å². The van der Waals surface area contributed by atoms with E-state index in [2.05, 4.69) is 35.5 Å². The number of carbonyl (C=O) groups is 1. The number of nitrogens with one attached hydrogen (secondary N) is 2. The van der Waals surface area contributed by atoms with Crippen LogP contribution in [0, 0.1) is 5.82 Å². The molecule has 0 radical (unpaired) electrons. The third kappa shape index (κ3) is 3.71. The zero-order valence-corrected chi connectivity index (χ0v) is 14.3. The van der Waals surface area contributed by atoms with Crippen molar-refractivity contribution in [3.63, 3.8) is 0 Å². The van der Waals surface area contributed by atoms with Gasteiger partial charge in [0.15, 0.2) is 5.13 Å². The molecule has 24 heavy (non-hydrogen) atoms. The van der Waals surface area contributed by atoms with Crippen molar-refractivity contribution >= 4 is 32.7 Å². The third-order valence-corrected chi connectivity index (χ3v) is 4.60. The third-order valence-electron chi connectivity index (χ3n) is 3.66. The van der Waals surface area contributed by atoms with Crippen LogP contribution in [-0.2, 0) is 6.54 Å². The Morgan fingerprint density at radius 1 is 1.21 bits per heavy atom. The topological polar surface area (TPSA) is 54.0 Å². The van der Waals surface area contributed by atoms with Gasteiger partial charge in [0.25, 0.3) is 0 Å². The molecule has 0 fully saturated rings. The molecule has 0 saturated heterocycles. The lowest BCUT2D eigenvalue weighted by Gasteiger charge is -2.06. The van der Waals surface area contributed by atoms with E-state index in [9.17, 15) is 9.18 Å². The molecule has 6 heteroatoms. The van der Waals surface area contributed by atoms with Crippen LogP contribution in [0.15, 0.2) is 42.5 Å². The summed E-state index contributed by atoms with van der Waals surface area (Å²) >= 11 is 1.45. The number of halogens is 1. The predicted octanol–water partition coefficient (Wildman–Crippen LogP) is 4.88. The largest absolute Gasteiger partial charge is 0.334 e. The van der Waals surface area contributed by atoms with Gasteiger partial charge in [-0.05, 0) is 35.2 Å². The number of rotatable bonds is 4. The first-order valence-electron chi connectivity index (χ1n) is 7.71. The minimum atomic E-state index is -0.329. The van der Waals surface area contributed by atoms with Crippen molar-refractivity contribution < 1.29 is 9.18 Å². The lowest BCUT2D eigenvalue weighted by molar-refractivity contribution is 0.251. The van der Waals surface area contributed by atoms with Crippen molar-refractivity contribution in [1.82, 2.24) is 10.3 Å². The SMILES string of the molecule is CC(C)c1cccc2sc(NC(=O)NCc3ccc(F)cc3)nc12. The predicted molar refractivity (Wildman–Crippen MR) is 96.0 cm³/mol. The van der Waals surface area contributed by atoms with Gasteiger partial charge in [0.1, 0.15) is 5.82 Å². The molecule has 0 aliphatic carbocycles. The van der Waals surface area contributed by atoms with Gasteiger partial charge in [0.05, 0.1) is 10.2 Å². The van der Waals surface area contributed by atoms with Gasteiger partial charge >= 0.3 is 6.03 Å². The van der Waals surface area contributed by atoms with E-state index in [1.54, 1.807) is 12.1 Å². The molecule has 2 N–H and O–H groups in total. The van der Waals surface area contributed by atoms with E-state index in [4.69, 9.17) is 0 Å². The van der Waals surface area contributed by atoms with Gasteiger partial charge in [-0.3, -0.25) is 5.32 Å². The van der Waals surface area contributed by atoms with Gasteiger partial charge in [0, 0.05) is 6.54 Å². The highest BCUT2D eigenvalue weighted by Crippen LogP contribution is 2.31. The zero-order chi connectivity index (χ0) is 17.1. The van der Waals surface area contributed by atoms with Crippen LogP contribution in [0.25, 0.3) is 10.2 Å². The summed E-state index contributed by atoms with van der Waals surface area (Å²) in [7, 11) is 0. The Morgan fingerprint density at radius 3 is 2.67 bits per heavy atom. The fourth-order valence-corrected chi connectivity index (χ4v) is 3.31. The molecular weight excluding hydrogens is 325 g/mol. The number of nitrogens with zero attached hydrogens (tertiary/aromatic N) is 1. The molecule has 0 saturated carbocycles. The van der Waals surface area contributed by atoms with E-state index in [1.807, 2.05) is 12.1 Å². The number of hydrogen-bond donors (Lipinski definition) is 2. The number of thiazole rings is 1. The van der Waals surface area contributed by atoms with Crippen molar-refractivity contribution in [3.05, 3.63) is 59.4 Å². The Hall–Kier alpha value is -2.47. The Balaban J connectivity index is 1.67. The molecule has 1 aromatic heterocycles. The number of fused-ring (bicyclic) bond motifs is 1. The molecule has 4 nitrogen and oxygen atoms in total. The molecule has 2 amide bonds. The highest BCUT2D eigenvalue weighted by atomic mass is 32.1. The van der Waals surface area contributed by atoms with E-state index in [-0.39, 0.29) is 11.8 Å². The molecule has 2 aromatic carbocycles. The summed E-state index contributed by atoms with van der Waals surface area (Å²) < 4.78 is 13.9. The number of amides is 2. The van der Waals surface area contributed by atoms with Gasteiger partial charge in [-0.2, -0.15) is 0 Å². The molecule has 0 unspecified atom stereocenters. The van der Waals surface area contributed by atoms with Crippen LogP contribution in [-0.4, -0.2) is 11.0 Å². The van der Waals surface area contributed by atoms with Gasteiger partial charge in [0.2, 0.25) is 0 Å². The number of urea groups is 1. The number of carbonyl (C=O) groups excluding carboxylic acids is 1. The lowest BCUT2D eigenvalue weighted by atomic mass is 10.0.